The maximum absolute atomic E-state index is 16.3. The number of benzene rings is 5. The molecule has 5 fully saturated rings. The molecule has 5 aromatic carbocycles. The van der Waals surface area contributed by atoms with Gasteiger partial charge in [-0.1, -0.05) is 94.3 Å². The summed E-state index contributed by atoms with van der Waals surface area (Å²) in [6.45, 7) is 4.98. The largest absolute Gasteiger partial charge is 0.507 e. The average molecular weight is 1580 g/mol. The van der Waals surface area contributed by atoms with E-state index in [1.54, 1.807) is 13.8 Å². The van der Waals surface area contributed by atoms with Gasteiger partial charge in [-0.25, -0.2) is 4.79 Å². The average Bonchev–Trinajstić information content (AvgIpc) is 0.756. The Morgan fingerprint density at radius 1 is 0.658 bits per heavy atom. The van der Waals surface area contributed by atoms with E-state index in [4.69, 9.17) is 58.4 Å². The molecule has 6 heterocycles. The van der Waals surface area contributed by atoms with Crippen molar-refractivity contribution in [3.05, 3.63) is 117 Å². The number of hydrogen-bond acceptors (Lipinski definition) is 23. The predicted molar refractivity (Wildman–Crippen MR) is 399 cm³/mol. The van der Waals surface area contributed by atoms with Gasteiger partial charge in [0.25, 0.3) is 0 Å². The number of phenolic OH excluding ortho intramolecular Hbond substituents is 2. The molecular weight excluding hydrogens is 1480 g/mol. The first-order valence-electron chi connectivity index (χ1n) is 37.9. The first-order chi connectivity index (χ1) is 52.9. The number of fused-ring (bicyclic) bond motifs is 15. The minimum absolute atomic E-state index is 0.0880. The van der Waals surface area contributed by atoms with Crippen LogP contribution in [-0.4, -0.2) is 156 Å². The molecule has 4 aliphatic carbocycles. The lowest BCUT2D eigenvalue weighted by Crippen LogP contribution is -2.60. The summed E-state index contributed by atoms with van der Waals surface area (Å²) in [6, 6.07) is 6.15. The van der Waals surface area contributed by atoms with Crippen LogP contribution in [0.3, 0.4) is 0 Å². The molecule has 5 unspecified atom stereocenters. The Labute approximate surface area is 649 Å². The molecule has 0 spiro atoms. The lowest BCUT2D eigenvalue weighted by Gasteiger charge is -2.54. The van der Waals surface area contributed by atoms with Crippen LogP contribution in [0.15, 0.2) is 78.9 Å². The van der Waals surface area contributed by atoms with Gasteiger partial charge >= 0.3 is 6.09 Å². The van der Waals surface area contributed by atoms with E-state index >= 15 is 24.0 Å². The summed E-state index contributed by atoms with van der Waals surface area (Å²) in [5.41, 5.74) is 10.6. The molecule has 111 heavy (non-hydrogen) atoms. The Balaban J connectivity index is 1.04. The minimum Gasteiger partial charge on any atom is -0.507 e. The zero-order valence-corrected chi connectivity index (χ0v) is 63.0. The number of carbonyl (C=O) groups is 9. The number of ether oxygens (including phenoxy) is 5. The van der Waals surface area contributed by atoms with Crippen LogP contribution in [0.1, 0.15) is 182 Å². The number of halogens is 2. The number of nitrogens with two attached hydrogens (primary N) is 2. The Bertz CT molecular complexity index is 4360. The van der Waals surface area contributed by atoms with Crippen LogP contribution in [-0.2, 0) is 43.1 Å². The van der Waals surface area contributed by atoms with Gasteiger partial charge in [-0.05, 0) is 163 Å². The Morgan fingerprint density at radius 2 is 1.29 bits per heavy atom. The third-order valence-corrected chi connectivity index (χ3v) is 23.2. The first-order valence-corrected chi connectivity index (χ1v) is 38.7. The van der Waals surface area contributed by atoms with Crippen molar-refractivity contribution in [2.45, 2.75) is 203 Å². The van der Waals surface area contributed by atoms with E-state index in [0.29, 0.717) is 18.3 Å². The van der Waals surface area contributed by atoms with Gasteiger partial charge in [0.2, 0.25) is 41.6 Å². The first kappa shape index (κ1) is 81.5. The van der Waals surface area contributed by atoms with Crippen LogP contribution in [0.2, 0.25) is 10.0 Å². The van der Waals surface area contributed by atoms with E-state index in [2.05, 4.69) is 33.5 Å². The van der Waals surface area contributed by atoms with Crippen LogP contribution >= 0.6 is 23.2 Å². The number of rotatable bonds is 20. The summed E-state index contributed by atoms with van der Waals surface area (Å²) in [4.78, 5) is 135. The van der Waals surface area contributed by atoms with Crippen molar-refractivity contribution in [1.29, 1.82) is 0 Å². The highest BCUT2D eigenvalue weighted by Crippen LogP contribution is 2.58. The number of hydrogen-bond donors (Lipinski definition) is 15. The molecule has 5 aromatic rings. The molecule has 17 N–H and O–H groups in total. The number of carbonyl (C=O) groups excluding carboxylic acids is 9. The third kappa shape index (κ3) is 18.2. The minimum atomic E-state index is -2.16. The summed E-state index contributed by atoms with van der Waals surface area (Å²) in [5, 5.41) is 106. The lowest BCUT2D eigenvalue weighted by molar-refractivity contribution is -0.277. The van der Waals surface area contributed by atoms with E-state index in [9.17, 15) is 60.0 Å². The number of aliphatic hydroxyl groups is 6. The molecule has 14 atom stereocenters. The number of aromatic hydroxyl groups is 2. The molecule has 29 nitrogen and oxygen atoms in total. The summed E-state index contributed by atoms with van der Waals surface area (Å²) >= 11 is 14.2. The van der Waals surface area contributed by atoms with E-state index in [1.807, 2.05) is 0 Å². The molecule has 0 aromatic heterocycles. The van der Waals surface area contributed by atoms with Crippen molar-refractivity contribution in [1.82, 2.24) is 26.6 Å². The topological polar surface area (TPSA) is 474 Å². The third-order valence-electron chi connectivity index (χ3n) is 22.6. The maximum Gasteiger partial charge on any atom is 0.412 e. The van der Waals surface area contributed by atoms with Crippen molar-refractivity contribution in [2.24, 2.45) is 52.9 Å². The zero-order valence-electron chi connectivity index (χ0n) is 61.5. The highest BCUT2D eigenvalue weighted by atomic mass is 35.5. The highest BCUT2D eigenvalue weighted by Gasteiger charge is 2.51. The highest BCUT2D eigenvalue weighted by molar-refractivity contribution is 6.32. The molecule has 10 aliphatic rings. The summed E-state index contributed by atoms with van der Waals surface area (Å²) in [7, 11) is 0. The molecule has 596 valence electrons. The van der Waals surface area contributed by atoms with E-state index < -0.39 is 193 Å². The Kier molecular flexibility index (Phi) is 25.6. The van der Waals surface area contributed by atoms with Gasteiger partial charge in [0.15, 0.2) is 28.8 Å². The predicted octanol–water partition coefficient (Wildman–Crippen LogP) is 7.27. The fraction of sp³-hybridized carbons (Fsp3) is 0.512. The normalized spacial score (nSPS) is 28.7. The number of aliphatic hydroxyl groups excluding tert-OH is 6. The van der Waals surface area contributed by atoms with E-state index in [-0.39, 0.29) is 109 Å². The van der Waals surface area contributed by atoms with Crippen LogP contribution in [0.25, 0.3) is 11.1 Å². The molecule has 31 heteroatoms. The molecule has 4 saturated carbocycles. The van der Waals surface area contributed by atoms with Crippen LogP contribution in [0.4, 0.5) is 4.79 Å². The summed E-state index contributed by atoms with van der Waals surface area (Å²) < 4.78 is 31.2. The lowest BCUT2D eigenvalue weighted by atomic mass is 9.51. The van der Waals surface area contributed by atoms with Crippen molar-refractivity contribution in [3.63, 3.8) is 0 Å². The fourth-order valence-corrected chi connectivity index (χ4v) is 17.6. The summed E-state index contributed by atoms with van der Waals surface area (Å²) in [5.74, 6) is -15.1. The second-order valence-corrected chi connectivity index (χ2v) is 31.8. The van der Waals surface area contributed by atoms with Gasteiger partial charge in [0.1, 0.15) is 89.5 Å². The van der Waals surface area contributed by atoms with Crippen molar-refractivity contribution in [2.75, 3.05) is 13.2 Å². The summed E-state index contributed by atoms with van der Waals surface area (Å²) in [6.07, 6.45) is -7.47. The number of primary amides is 1. The number of unbranched alkanes of at least 4 members (excludes halogenated alkanes) is 5. The van der Waals surface area contributed by atoms with Gasteiger partial charge in [0, 0.05) is 49.4 Å². The molecule has 1 saturated heterocycles. The van der Waals surface area contributed by atoms with Crippen LogP contribution in [0.5, 0.6) is 46.0 Å². The zero-order chi connectivity index (χ0) is 79.5. The van der Waals surface area contributed by atoms with Gasteiger partial charge in [-0.15, -0.1) is 0 Å². The fourth-order valence-electron chi connectivity index (χ4n) is 17.1. The SMILES string of the molecule is CCCCCCCCNC(=O)Oc1cc(O)c2c(c1)[C@@H](C(=O)CC1C3CC4CC(C3)CC1C4)NC(=O)[C@@H]1NC(=O)[C@H](CC(=O)[C@@H]3NC(=O)[C@H](CC(N)=O)CC(=O)[C@H](NC(=O)[C@H](N)CC(C)C)[C@H](O)c4ccc(c(Cl)c4)Oc4cc3cc(c4OC3OC(CO)C(O)C(O)C3O)Oc3ccc(cc3Cl)[C@H]1O)c1ccc(O)c-2c1. The molecule has 6 aliphatic heterocycles. The molecule has 0 radical (unpaired) electrons. The quantitative estimate of drug-likeness (QED) is 0.0340. The van der Waals surface area contributed by atoms with E-state index in [0.717, 1.165) is 101 Å². The van der Waals surface area contributed by atoms with Gasteiger partial charge < -0.3 is 103 Å². The molecule has 15 bridgehead atoms. The number of ketones is 3. The van der Waals surface area contributed by atoms with Crippen LogP contribution < -0.4 is 57.0 Å². The van der Waals surface area contributed by atoms with Gasteiger partial charge in [0.05, 0.1) is 34.5 Å². The molecular formula is C80H95Cl2N7O22. The van der Waals surface area contributed by atoms with Crippen molar-refractivity contribution >= 4 is 76.2 Å². The van der Waals surface area contributed by atoms with E-state index in [1.165, 1.54) is 42.5 Å². The second-order valence-electron chi connectivity index (χ2n) is 31.0. The van der Waals surface area contributed by atoms with Gasteiger partial charge in [-0.3, -0.25) is 38.4 Å². The molecule has 6 amide bonds. The number of phenols is 2. The number of amides is 6. The number of Topliss-reactive ketones (excluding diaryl/α,β-unsaturated/α-hetero) is 3. The van der Waals surface area contributed by atoms with Crippen molar-refractivity contribution in [3.8, 4) is 57.1 Å². The number of nitrogens with one attached hydrogen (secondary N) is 5. The monoisotopic (exact) mass is 1580 g/mol. The Hall–Kier alpha value is -9.01. The van der Waals surface area contributed by atoms with Crippen LogP contribution in [0, 0.1) is 41.4 Å². The van der Waals surface area contributed by atoms with Gasteiger partial charge in [-0.2, -0.15) is 0 Å². The maximum atomic E-state index is 16.3. The smallest absolute Gasteiger partial charge is 0.412 e. The standard InChI is InChI=1S/C80H95Cl2N7O22/c1-4-5-6-7-8-9-16-85-80(106)107-45-30-49-64(54(92)31-45)48-23-38(10-13-53(48)91)47-33-56(94)65-43-27-60(108-58-14-11-39(24-50(58)81)69(97)67(88-77(104)52(83)17-35(2)3)55(93)26-44(29-63(84)96)75(102)86-65)74(111-79-73(101)72(100)71(99)62(34-90)110-79)61(28-43)109-59-15-12-40(25-51(59)82)70(98)68(89-76(47)103)78(105)87-66(49)57(95)32-46-41-19-36-18-37(21-41)22-42(46)20-36/h10-15,23-25,27-28,30-31,35-37,41-42,44,46-47,52,62,65-73,79,90-92,97-101H,4-9,16-22,26,29,32-34,83H2,1-3H3,(H2,84,96)(H,85,106)(H,86,102)(H,87,105)(H,88,104)(H,89,103)/t36?,37?,41?,42?,44-,46?,47+,52+,62?,65+,66-,67-,68+,69+,70+,71?,72?,73?,79?/m0/s1. The molecule has 15 rings (SSSR count). The van der Waals surface area contributed by atoms with Crippen molar-refractivity contribution < 1.29 is 108 Å². The second kappa shape index (κ2) is 34.9. The Morgan fingerprint density at radius 3 is 1.91 bits per heavy atom.